The Morgan fingerprint density at radius 3 is 3.00 bits per heavy atom. The molecule has 0 bridgehead atoms. The molecule has 0 saturated heterocycles. The van der Waals surface area contributed by atoms with Crippen LogP contribution in [0.5, 0.6) is 0 Å². The Bertz CT molecular complexity index is 566. The molecule has 0 fully saturated rings. The first-order valence-corrected chi connectivity index (χ1v) is 5.07. The van der Waals surface area contributed by atoms with E-state index in [0.717, 1.165) is 28.6 Å². The highest BCUT2D eigenvalue weighted by atomic mass is 16.3. The Morgan fingerprint density at radius 1 is 1.33 bits per heavy atom. The van der Waals surface area contributed by atoms with Crippen molar-refractivity contribution in [3.63, 3.8) is 0 Å². The molecule has 76 valence electrons. The Hall–Kier alpha value is -1.77. The van der Waals surface area contributed by atoms with Crippen LogP contribution in [0.2, 0.25) is 0 Å². The molecular formula is C12H11N2O-. The fourth-order valence-electron chi connectivity index (χ4n) is 2.32. The molecule has 0 amide bonds. The largest absolute Gasteiger partial charge is 0.858 e. The van der Waals surface area contributed by atoms with Crippen molar-refractivity contribution in [3.05, 3.63) is 35.5 Å². The number of aliphatic imine (C=N–C) groups is 1. The molecule has 0 atom stereocenters. The smallest absolute Gasteiger partial charge is 0.0486 e. The number of para-hydroxylation sites is 1. The van der Waals surface area contributed by atoms with Gasteiger partial charge in [0.15, 0.2) is 0 Å². The number of hydrogen-bond donors (Lipinski definition) is 0. The van der Waals surface area contributed by atoms with Crippen LogP contribution in [0.15, 0.2) is 29.3 Å². The third-order valence-electron chi connectivity index (χ3n) is 3.05. The fourth-order valence-corrected chi connectivity index (χ4v) is 2.32. The molecule has 0 saturated carbocycles. The Kier molecular flexibility index (Phi) is 1.63. The van der Waals surface area contributed by atoms with Gasteiger partial charge in [-0.2, -0.15) is 0 Å². The van der Waals surface area contributed by atoms with Crippen molar-refractivity contribution in [2.75, 3.05) is 6.54 Å². The molecule has 1 aromatic heterocycles. The van der Waals surface area contributed by atoms with Gasteiger partial charge in [0.2, 0.25) is 0 Å². The summed E-state index contributed by atoms with van der Waals surface area (Å²) >= 11 is 0. The van der Waals surface area contributed by atoms with Crippen LogP contribution in [0.4, 0.5) is 0 Å². The lowest BCUT2D eigenvalue weighted by molar-refractivity contribution is -0.213. The van der Waals surface area contributed by atoms with Gasteiger partial charge in [0.05, 0.1) is 0 Å². The standard InChI is InChI=1S/C12H12N2O/c1-14-9-5-3-2-4-8(9)11-10(14)6-7-13-12(11)15/h2-5H,6-7H2,1H3,(H,13,15)/p-1. The predicted molar refractivity (Wildman–Crippen MR) is 58.0 cm³/mol. The summed E-state index contributed by atoms with van der Waals surface area (Å²) in [5.74, 6) is -0.0620. The van der Waals surface area contributed by atoms with Gasteiger partial charge < -0.3 is 14.7 Å². The minimum absolute atomic E-state index is 0.0620. The van der Waals surface area contributed by atoms with Gasteiger partial charge in [-0.3, -0.25) is 0 Å². The van der Waals surface area contributed by atoms with Crippen molar-refractivity contribution >= 4 is 16.8 Å². The molecule has 2 heterocycles. The Labute approximate surface area is 87.7 Å². The lowest BCUT2D eigenvalue weighted by Gasteiger charge is -2.18. The number of aromatic nitrogens is 1. The zero-order chi connectivity index (χ0) is 10.4. The molecule has 0 radical (unpaired) electrons. The quantitative estimate of drug-likeness (QED) is 0.619. The maximum absolute atomic E-state index is 11.7. The molecule has 2 aromatic rings. The lowest BCUT2D eigenvalue weighted by Crippen LogP contribution is -2.25. The number of nitrogens with zero attached hydrogens (tertiary/aromatic N) is 2. The third kappa shape index (κ3) is 1.03. The highest BCUT2D eigenvalue weighted by Crippen LogP contribution is 2.27. The second kappa shape index (κ2) is 2.86. The zero-order valence-corrected chi connectivity index (χ0v) is 8.53. The van der Waals surface area contributed by atoms with Crippen molar-refractivity contribution in [2.45, 2.75) is 6.42 Å². The molecule has 0 spiro atoms. The van der Waals surface area contributed by atoms with E-state index < -0.39 is 0 Å². The summed E-state index contributed by atoms with van der Waals surface area (Å²) in [6, 6.07) is 7.99. The molecule has 3 heteroatoms. The number of benzene rings is 1. The van der Waals surface area contributed by atoms with Crippen LogP contribution >= 0.6 is 0 Å². The summed E-state index contributed by atoms with van der Waals surface area (Å²) < 4.78 is 2.11. The van der Waals surface area contributed by atoms with Gasteiger partial charge in [-0.25, -0.2) is 0 Å². The Balaban J connectivity index is 2.48. The highest BCUT2D eigenvalue weighted by Gasteiger charge is 2.16. The number of aryl methyl sites for hydroxylation is 1. The van der Waals surface area contributed by atoms with Crippen molar-refractivity contribution in [2.24, 2.45) is 12.0 Å². The predicted octanol–water partition coefficient (Wildman–Crippen LogP) is 0.841. The monoisotopic (exact) mass is 199 g/mol. The van der Waals surface area contributed by atoms with Gasteiger partial charge in [0, 0.05) is 42.2 Å². The van der Waals surface area contributed by atoms with E-state index in [-0.39, 0.29) is 5.90 Å². The summed E-state index contributed by atoms with van der Waals surface area (Å²) in [5, 5.41) is 12.8. The van der Waals surface area contributed by atoms with Crippen LogP contribution in [-0.4, -0.2) is 17.0 Å². The minimum atomic E-state index is -0.0620. The van der Waals surface area contributed by atoms with E-state index in [1.54, 1.807) is 0 Å². The van der Waals surface area contributed by atoms with Gasteiger partial charge in [-0.05, 0) is 12.0 Å². The summed E-state index contributed by atoms with van der Waals surface area (Å²) in [6.45, 7) is 0.621. The first kappa shape index (κ1) is 8.53. The second-order valence-corrected chi connectivity index (χ2v) is 3.83. The summed E-state index contributed by atoms with van der Waals surface area (Å²) in [6.07, 6.45) is 0.867. The van der Waals surface area contributed by atoms with Crippen LogP contribution in [0, 0.1) is 0 Å². The first-order chi connectivity index (χ1) is 7.29. The molecular weight excluding hydrogens is 188 g/mol. The van der Waals surface area contributed by atoms with Gasteiger partial charge in [0.1, 0.15) is 0 Å². The molecule has 1 aromatic carbocycles. The van der Waals surface area contributed by atoms with E-state index in [0.29, 0.717) is 6.54 Å². The molecule has 0 N–H and O–H groups in total. The molecule has 0 aliphatic carbocycles. The van der Waals surface area contributed by atoms with Crippen LogP contribution in [0.1, 0.15) is 11.3 Å². The summed E-state index contributed by atoms with van der Waals surface area (Å²) in [7, 11) is 2.01. The van der Waals surface area contributed by atoms with E-state index in [1.807, 2.05) is 31.3 Å². The molecule has 0 unspecified atom stereocenters. The fraction of sp³-hybridized carbons (Fsp3) is 0.250. The average molecular weight is 199 g/mol. The Morgan fingerprint density at radius 2 is 2.13 bits per heavy atom. The minimum Gasteiger partial charge on any atom is -0.858 e. The van der Waals surface area contributed by atoms with Crippen LogP contribution in [-0.2, 0) is 13.5 Å². The van der Waals surface area contributed by atoms with Crippen molar-refractivity contribution in [1.82, 2.24) is 4.57 Å². The van der Waals surface area contributed by atoms with E-state index in [1.165, 1.54) is 0 Å². The first-order valence-electron chi connectivity index (χ1n) is 5.07. The van der Waals surface area contributed by atoms with E-state index in [9.17, 15) is 5.11 Å². The topological polar surface area (TPSA) is 40.3 Å². The van der Waals surface area contributed by atoms with Gasteiger partial charge >= 0.3 is 0 Å². The van der Waals surface area contributed by atoms with Crippen LogP contribution in [0.25, 0.3) is 10.9 Å². The van der Waals surface area contributed by atoms with E-state index >= 15 is 0 Å². The van der Waals surface area contributed by atoms with Gasteiger partial charge in [0.25, 0.3) is 0 Å². The van der Waals surface area contributed by atoms with Gasteiger partial charge in [-0.15, -0.1) is 0 Å². The molecule has 1 aliphatic heterocycles. The van der Waals surface area contributed by atoms with Crippen molar-refractivity contribution < 1.29 is 5.11 Å². The maximum atomic E-state index is 11.7. The zero-order valence-electron chi connectivity index (χ0n) is 8.53. The molecule has 3 rings (SSSR count). The maximum Gasteiger partial charge on any atom is 0.0486 e. The van der Waals surface area contributed by atoms with Gasteiger partial charge in [-0.1, -0.05) is 18.2 Å². The van der Waals surface area contributed by atoms with Crippen molar-refractivity contribution in [3.8, 4) is 0 Å². The molecule has 15 heavy (non-hydrogen) atoms. The second-order valence-electron chi connectivity index (χ2n) is 3.83. The number of rotatable bonds is 0. The normalized spacial score (nSPS) is 15.1. The highest BCUT2D eigenvalue weighted by molar-refractivity contribution is 6.07. The van der Waals surface area contributed by atoms with E-state index in [2.05, 4.69) is 9.56 Å². The van der Waals surface area contributed by atoms with E-state index in [4.69, 9.17) is 0 Å². The lowest BCUT2D eigenvalue weighted by atomic mass is 10.1. The van der Waals surface area contributed by atoms with Crippen molar-refractivity contribution in [1.29, 1.82) is 0 Å². The van der Waals surface area contributed by atoms with Crippen LogP contribution in [0.3, 0.4) is 0 Å². The summed E-state index contributed by atoms with van der Waals surface area (Å²) in [4.78, 5) is 3.98. The number of fused-ring (bicyclic) bond motifs is 3. The molecule has 1 aliphatic rings. The van der Waals surface area contributed by atoms with Crippen LogP contribution < -0.4 is 5.11 Å². The number of hydrogen-bond acceptors (Lipinski definition) is 2. The summed E-state index contributed by atoms with van der Waals surface area (Å²) in [5.41, 5.74) is 3.04. The SMILES string of the molecule is Cn1c2c(c3ccccc31)C([O-])=NCC2. The average Bonchev–Trinajstić information content (AvgIpc) is 2.55. The third-order valence-corrected chi connectivity index (χ3v) is 3.05. The molecule has 3 nitrogen and oxygen atoms in total.